The van der Waals surface area contributed by atoms with Crippen LogP contribution in [0.5, 0.6) is 5.75 Å². The summed E-state index contributed by atoms with van der Waals surface area (Å²) in [5.74, 6) is 2.54. The molecule has 0 saturated carbocycles. The first-order chi connectivity index (χ1) is 13.5. The van der Waals surface area contributed by atoms with Gasteiger partial charge in [0.05, 0.1) is 12.8 Å². The van der Waals surface area contributed by atoms with Crippen LogP contribution in [0.4, 0.5) is 5.82 Å². The molecule has 28 heavy (non-hydrogen) atoms. The number of nitrogens with zero attached hydrogens (tertiary/aromatic N) is 4. The van der Waals surface area contributed by atoms with Crippen LogP contribution in [-0.2, 0) is 0 Å². The fourth-order valence-corrected chi connectivity index (χ4v) is 2.84. The third kappa shape index (κ3) is 4.64. The minimum atomic E-state index is -0.150. The van der Waals surface area contributed by atoms with Crippen molar-refractivity contribution in [2.24, 2.45) is 0 Å². The lowest BCUT2D eigenvalue weighted by atomic mass is 10.2. The van der Waals surface area contributed by atoms with Gasteiger partial charge in [0.1, 0.15) is 17.4 Å². The Morgan fingerprint density at radius 1 is 1.11 bits per heavy atom. The lowest BCUT2D eigenvalue weighted by Gasteiger charge is -2.10. The molecule has 0 spiro atoms. The maximum absolute atomic E-state index is 12.2. The molecule has 0 aliphatic carbocycles. The average Bonchev–Trinajstić information content (AvgIpc) is 3.03. The molecule has 1 aromatic carbocycles. The number of aryl methyl sites for hydroxylation is 3. The third-order valence-corrected chi connectivity index (χ3v) is 4.10. The molecule has 0 radical (unpaired) electrons. The van der Waals surface area contributed by atoms with E-state index in [1.807, 2.05) is 32.9 Å². The van der Waals surface area contributed by atoms with Crippen LogP contribution < -0.4 is 15.4 Å². The quantitative estimate of drug-likeness (QED) is 0.612. The van der Waals surface area contributed by atoms with Crippen molar-refractivity contribution >= 4 is 11.7 Å². The molecule has 0 unspecified atom stereocenters. The topological polar surface area (TPSA) is 94.0 Å². The zero-order valence-corrected chi connectivity index (χ0v) is 16.5. The van der Waals surface area contributed by atoms with E-state index in [0.29, 0.717) is 41.9 Å². The van der Waals surface area contributed by atoms with Crippen LogP contribution in [0.3, 0.4) is 0 Å². The summed E-state index contributed by atoms with van der Waals surface area (Å²) in [6, 6.07) is 10.9. The standard InChI is InChI=1S/C20H24N6O2/c1-13-10-14(2)26(25-13)19-12-18(23-15(3)24-19)21-8-9-22-20(27)16-6-5-7-17(11-16)28-4/h5-7,10-12H,8-9H2,1-4H3,(H,22,27)(H,21,23,24). The molecule has 2 heterocycles. The second kappa shape index (κ2) is 8.51. The van der Waals surface area contributed by atoms with Crippen molar-refractivity contribution in [1.82, 2.24) is 25.1 Å². The van der Waals surface area contributed by atoms with Crippen molar-refractivity contribution in [2.45, 2.75) is 20.8 Å². The monoisotopic (exact) mass is 380 g/mol. The van der Waals surface area contributed by atoms with Gasteiger partial charge in [-0.1, -0.05) is 6.07 Å². The van der Waals surface area contributed by atoms with Crippen LogP contribution >= 0.6 is 0 Å². The van der Waals surface area contributed by atoms with Gasteiger partial charge in [-0.15, -0.1) is 0 Å². The van der Waals surface area contributed by atoms with Crippen LogP contribution in [-0.4, -0.2) is 45.9 Å². The molecule has 8 heteroatoms. The van der Waals surface area contributed by atoms with E-state index in [1.54, 1.807) is 36.1 Å². The molecule has 3 rings (SSSR count). The Balaban J connectivity index is 1.59. The number of rotatable bonds is 7. The van der Waals surface area contributed by atoms with Gasteiger partial charge in [-0.05, 0) is 45.0 Å². The van der Waals surface area contributed by atoms with Gasteiger partial charge in [-0.2, -0.15) is 5.10 Å². The first-order valence-corrected chi connectivity index (χ1v) is 9.01. The summed E-state index contributed by atoms with van der Waals surface area (Å²) in [6.07, 6.45) is 0. The van der Waals surface area contributed by atoms with Gasteiger partial charge < -0.3 is 15.4 Å². The Hall–Kier alpha value is -3.42. The summed E-state index contributed by atoms with van der Waals surface area (Å²) in [7, 11) is 1.57. The van der Waals surface area contributed by atoms with Crippen LogP contribution in [0.1, 0.15) is 27.6 Å². The minimum absolute atomic E-state index is 0.150. The maximum Gasteiger partial charge on any atom is 0.251 e. The van der Waals surface area contributed by atoms with Crippen LogP contribution in [0.25, 0.3) is 5.82 Å². The number of aromatic nitrogens is 4. The normalized spacial score (nSPS) is 10.6. The van der Waals surface area contributed by atoms with Gasteiger partial charge >= 0.3 is 0 Å². The number of benzene rings is 1. The maximum atomic E-state index is 12.2. The summed E-state index contributed by atoms with van der Waals surface area (Å²) in [4.78, 5) is 21.1. The highest BCUT2D eigenvalue weighted by atomic mass is 16.5. The molecule has 0 fully saturated rings. The number of carbonyl (C=O) groups excluding carboxylic acids is 1. The zero-order valence-electron chi connectivity index (χ0n) is 16.5. The van der Waals surface area contributed by atoms with Gasteiger partial charge in [-0.3, -0.25) is 4.79 Å². The highest BCUT2D eigenvalue weighted by Crippen LogP contribution is 2.14. The van der Waals surface area contributed by atoms with E-state index in [0.717, 1.165) is 11.4 Å². The fraction of sp³-hybridized carbons (Fsp3) is 0.300. The van der Waals surface area contributed by atoms with Crippen LogP contribution in [0, 0.1) is 20.8 Å². The molecule has 146 valence electrons. The Kier molecular flexibility index (Phi) is 5.88. The molecule has 0 saturated heterocycles. The molecule has 8 nitrogen and oxygen atoms in total. The molecule has 0 aliphatic heterocycles. The molecule has 3 aromatic rings. The number of ether oxygens (including phenoxy) is 1. The first kappa shape index (κ1) is 19.3. The summed E-state index contributed by atoms with van der Waals surface area (Å²) in [5.41, 5.74) is 2.50. The van der Waals surface area contributed by atoms with Gasteiger partial charge in [0.15, 0.2) is 5.82 Å². The highest BCUT2D eigenvalue weighted by molar-refractivity contribution is 5.94. The van der Waals surface area contributed by atoms with Gasteiger partial charge in [0.2, 0.25) is 0 Å². The van der Waals surface area contributed by atoms with E-state index in [9.17, 15) is 4.79 Å². The molecule has 2 aromatic heterocycles. The van der Waals surface area contributed by atoms with Crippen LogP contribution in [0.2, 0.25) is 0 Å². The van der Waals surface area contributed by atoms with Crippen molar-refractivity contribution in [1.29, 1.82) is 0 Å². The second-order valence-electron chi connectivity index (χ2n) is 6.41. The molecule has 1 amide bonds. The predicted molar refractivity (Wildman–Crippen MR) is 107 cm³/mol. The molecular formula is C20H24N6O2. The predicted octanol–water partition coefficient (Wildman–Crippen LogP) is 2.44. The highest BCUT2D eigenvalue weighted by Gasteiger charge is 2.09. The lowest BCUT2D eigenvalue weighted by molar-refractivity contribution is 0.0955. The lowest BCUT2D eigenvalue weighted by Crippen LogP contribution is -2.29. The van der Waals surface area contributed by atoms with Gasteiger partial charge in [0.25, 0.3) is 5.91 Å². The van der Waals surface area contributed by atoms with E-state index in [-0.39, 0.29) is 5.91 Å². The molecular weight excluding hydrogens is 356 g/mol. The Morgan fingerprint density at radius 2 is 1.93 bits per heavy atom. The van der Waals surface area contributed by atoms with Crippen molar-refractivity contribution in [3.8, 4) is 11.6 Å². The van der Waals surface area contributed by atoms with Crippen molar-refractivity contribution < 1.29 is 9.53 Å². The minimum Gasteiger partial charge on any atom is -0.497 e. The molecule has 0 aliphatic rings. The Bertz CT molecular complexity index is 983. The number of hydrogen-bond donors (Lipinski definition) is 2. The van der Waals surface area contributed by atoms with Gasteiger partial charge in [0, 0.05) is 30.4 Å². The van der Waals surface area contributed by atoms with Crippen molar-refractivity contribution in [2.75, 3.05) is 25.5 Å². The van der Waals surface area contributed by atoms with Gasteiger partial charge in [-0.25, -0.2) is 14.6 Å². The second-order valence-corrected chi connectivity index (χ2v) is 6.41. The Morgan fingerprint density at radius 3 is 2.64 bits per heavy atom. The molecule has 0 bridgehead atoms. The summed E-state index contributed by atoms with van der Waals surface area (Å²) in [5, 5.41) is 10.6. The van der Waals surface area contributed by atoms with E-state index in [1.165, 1.54) is 0 Å². The fourth-order valence-electron chi connectivity index (χ4n) is 2.84. The SMILES string of the molecule is COc1cccc(C(=O)NCCNc2cc(-n3nc(C)cc3C)nc(C)n2)c1. The van der Waals surface area contributed by atoms with Crippen molar-refractivity contribution in [3.05, 3.63) is 59.2 Å². The largest absolute Gasteiger partial charge is 0.497 e. The average molecular weight is 380 g/mol. The number of carbonyl (C=O) groups is 1. The smallest absolute Gasteiger partial charge is 0.251 e. The number of methoxy groups -OCH3 is 1. The number of anilines is 1. The van der Waals surface area contributed by atoms with Crippen molar-refractivity contribution in [3.63, 3.8) is 0 Å². The van der Waals surface area contributed by atoms with E-state index in [4.69, 9.17) is 4.74 Å². The van der Waals surface area contributed by atoms with Crippen LogP contribution in [0.15, 0.2) is 36.4 Å². The van der Waals surface area contributed by atoms with E-state index < -0.39 is 0 Å². The summed E-state index contributed by atoms with van der Waals surface area (Å²) in [6.45, 7) is 6.75. The Labute approximate surface area is 164 Å². The van der Waals surface area contributed by atoms with E-state index >= 15 is 0 Å². The third-order valence-electron chi connectivity index (χ3n) is 4.10. The summed E-state index contributed by atoms with van der Waals surface area (Å²) < 4.78 is 6.94. The number of hydrogen-bond acceptors (Lipinski definition) is 6. The number of amides is 1. The zero-order chi connectivity index (χ0) is 20.1. The summed E-state index contributed by atoms with van der Waals surface area (Å²) >= 11 is 0. The van der Waals surface area contributed by atoms with E-state index in [2.05, 4.69) is 25.7 Å². The number of nitrogens with one attached hydrogen (secondary N) is 2. The first-order valence-electron chi connectivity index (χ1n) is 9.01. The molecule has 0 atom stereocenters. The molecule has 2 N–H and O–H groups in total.